The Labute approximate surface area is 148 Å². The van der Waals surface area contributed by atoms with Crippen molar-refractivity contribution in [1.29, 1.82) is 0 Å². The summed E-state index contributed by atoms with van der Waals surface area (Å²) in [7, 11) is 3.98. The molecule has 0 unspecified atom stereocenters. The van der Waals surface area contributed by atoms with Crippen molar-refractivity contribution in [1.82, 2.24) is 10.2 Å². The van der Waals surface area contributed by atoms with E-state index in [0.29, 0.717) is 26.1 Å². The molecule has 0 aromatic carbocycles. The summed E-state index contributed by atoms with van der Waals surface area (Å²) in [5.74, 6) is 1.20. The number of nitrogens with one attached hydrogen (secondary N) is 1. The Kier molecular flexibility index (Phi) is 13.2. The average Bonchev–Trinajstić information content (AvgIpc) is 3.07. The van der Waals surface area contributed by atoms with Gasteiger partial charge >= 0.3 is 5.97 Å². The highest BCUT2D eigenvalue weighted by Gasteiger charge is 2.15. The minimum atomic E-state index is -0.0734. The number of ether oxygens (including phenoxy) is 1. The fourth-order valence-corrected chi connectivity index (χ4v) is 5.47. The molecular formula is C16H32N2O3S2. The van der Waals surface area contributed by atoms with Gasteiger partial charge < -0.3 is 20.1 Å². The largest absolute Gasteiger partial charge is 0.464 e. The zero-order valence-electron chi connectivity index (χ0n) is 14.3. The fraction of sp³-hybridized carbons (Fsp3) is 0.938. The van der Waals surface area contributed by atoms with Crippen LogP contribution in [0.3, 0.4) is 0 Å². The summed E-state index contributed by atoms with van der Waals surface area (Å²) >= 11 is 0. The Balaban J connectivity index is 1.85. The minimum Gasteiger partial charge on any atom is -0.464 e. The second-order valence-corrected chi connectivity index (χ2v) is 8.49. The molecule has 1 fully saturated rings. The maximum absolute atomic E-state index is 11.6. The lowest BCUT2D eigenvalue weighted by Crippen LogP contribution is -2.35. The van der Waals surface area contributed by atoms with Crippen LogP contribution in [0.2, 0.25) is 0 Å². The van der Waals surface area contributed by atoms with E-state index in [0.717, 1.165) is 37.7 Å². The molecule has 1 rings (SSSR count). The number of hydrogen-bond donors (Lipinski definition) is 2. The molecule has 136 valence electrons. The van der Waals surface area contributed by atoms with E-state index in [4.69, 9.17) is 9.84 Å². The van der Waals surface area contributed by atoms with E-state index < -0.39 is 0 Å². The predicted molar refractivity (Wildman–Crippen MR) is 100.0 cm³/mol. The quantitative estimate of drug-likeness (QED) is 0.278. The Morgan fingerprint density at radius 3 is 2.91 bits per heavy atom. The maximum atomic E-state index is 11.6. The van der Waals surface area contributed by atoms with Crippen molar-refractivity contribution in [3.63, 3.8) is 0 Å². The summed E-state index contributed by atoms with van der Waals surface area (Å²) in [5.41, 5.74) is 0. The van der Waals surface area contributed by atoms with Gasteiger partial charge in [0.15, 0.2) is 0 Å². The van der Waals surface area contributed by atoms with Crippen LogP contribution in [0.5, 0.6) is 0 Å². The molecule has 2 N–H and O–H groups in total. The van der Waals surface area contributed by atoms with Crippen LogP contribution >= 0.6 is 21.6 Å². The van der Waals surface area contributed by atoms with E-state index in [1.165, 1.54) is 18.6 Å². The van der Waals surface area contributed by atoms with Crippen molar-refractivity contribution in [2.75, 3.05) is 51.7 Å². The van der Waals surface area contributed by atoms with E-state index >= 15 is 0 Å². The molecule has 7 heteroatoms. The standard InChI is InChI=1S/C16H32N2O3S2/c1-2-18(11-12-19)10-8-17-9-13-21-16(20)6-4-3-5-15-7-14-22-23-15/h15,17,19H,2-14H2,1H3/t15-/m1/s1. The first-order valence-electron chi connectivity index (χ1n) is 8.74. The molecule has 0 saturated carbocycles. The van der Waals surface area contributed by atoms with Gasteiger partial charge in [0.05, 0.1) is 6.61 Å². The molecule has 1 atom stereocenters. The van der Waals surface area contributed by atoms with Gasteiger partial charge in [-0.3, -0.25) is 4.79 Å². The van der Waals surface area contributed by atoms with Gasteiger partial charge in [-0.15, -0.1) is 0 Å². The van der Waals surface area contributed by atoms with Crippen LogP contribution < -0.4 is 5.32 Å². The third-order valence-electron chi connectivity index (χ3n) is 3.89. The van der Waals surface area contributed by atoms with Gasteiger partial charge in [0.2, 0.25) is 0 Å². The van der Waals surface area contributed by atoms with Gasteiger partial charge in [-0.2, -0.15) is 0 Å². The summed E-state index contributed by atoms with van der Waals surface area (Å²) in [6.45, 7) is 6.83. The average molecular weight is 365 g/mol. The van der Waals surface area contributed by atoms with Crippen molar-refractivity contribution in [2.45, 2.75) is 44.3 Å². The van der Waals surface area contributed by atoms with Crippen LogP contribution in [-0.4, -0.2) is 72.9 Å². The first-order chi connectivity index (χ1) is 11.3. The second-order valence-electron chi connectivity index (χ2n) is 5.70. The van der Waals surface area contributed by atoms with Gasteiger partial charge in [-0.25, -0.2) is 0 Å². The van der Waals surface area contributed by atoms with E-state index in [-0.39, 0.29) is 12.6 Å². The number of likely N-dealkylation sites (N-methyl/N-ethyl adjacent to an activating group) is 1. The first kappa shape index (κ1) is 21.1. The Hall–Kier alpha value is 0.0500. The predicted octanol–water partition coefficient (Wildman–Crippen LogP) is 2.15. The van der Waals surface area contributed by atoms with Gasteiger partial charge in [0.25, 0.3) is 0 Å². The smallest absolute Gasteiger partial charge is 0.305 e. The number of hydrogen-bond acceptors (Lipinski definition) is 7. The van der Waals surface area contributed by atoms with Crippen molar-refractivity contribution < 1.29 is 14.6 Å². The van der Waals surface area contributed by atoms with E-state index in [1.54, 1.807) is 0 Å². The molecule has 0 bridgehead atoms. The number of aliphatic hydroxyl groups is 1. The summed E-state index contributed by atoms with van der Waals surface area (Å²) in [6.07, 6.45) is 5.17. The fourth-order valence-electron chi connectivity index (χ4n) is 2.45. The van der Waals surface area contributed by atoms with Crippen molar-refractivity contribution in [3.05, 3.63) is 0 Å². The molecule has 1 heterocycles. The summed E-state index contributed by atoms with van der Waals surface area (Å²) in [4.78, 5) is 13.8. The van der Waals surface area contributed by atoms with Gasteiger partial charge in [0, 0.05) is 43.6 Å². The molecule has 0 radical (unpaired) electrons. The summed E-state index contributed by atoms with van der Waals surface area (Å²) in [6, 6.07) is 0. The topological polar surface area (TPSA) is 61.8 Å². The van der Waals surface area contributed by atoms with Crippen molar-refractivity contribution in [2.24, 2.45) is 0 Å². The number of carbonyl (C=O) groups excluding carboxylic acids is 1. The molecule has 0 spiro atoms. The van der Waals surface area contributed by atoms with E-state index in [9.17, 15) is 4.79 Å². The minimum absolute atomic E-state index is 0.0734. The van der Waals surface area contributed by atoms with Crippen molar-refractivity contribution in [3.8, 4) is 0 Å². The molecule has 0 aliphatic carbocycles. The lowest BCUT2D eigenvalue weighted by atomic mass is 10.1. The highest BCUT2D eigenvalue weighted by Crippen LogP contribution is 2.39. The molecular weight excluding hydrogens is 332 g/mol. The van der Waals surface area contributed by atoms with Crippen LogP contribution in [0.1, 0.15) is 39.0 Å². The lowest BCUT2D eigenvalue weighted by Gasteiger charge is -2.19. The van der Waals surface area contributed by atoms with Gasteiger partial charge in [0.1, 0.15) is 6.61 Å². The third-order valence-corrected chi connectivity index (χ3v) is 6.90. The number of carbonyl (C=O) groups is 1. The monoisotopic (exact) mass is 364 g/mol. The first-order valence-corrected chi connectivity index (χ1v) is 11.1. The summed E-state index contributed by atoms with van der Waals surface area (Å²) < 4.78 is 5.23. The molecule has 1 aliphatic rings. The molecule has 5 nitrogen and oxygen atoms in total. The molecule has 1 aliphatic heterocycles. The van der Waals surface area contributed by atoms with Crippen LogP contribution in [0.4, 0.5) is 0 Å². The lowest BCUT2D eigenvalue weighted by molar-refractivity contribution is -0.143. The summed E-state index contributed by atoms with van der Waals surface area (Å²) in [5, 5.41) is 13.0. The normalized spacial score (nSPS) is 17.8. The highest BCUT2D eigenvalue weighted by molar-refractivity contribution is 8.77. The number of unbranched alkanes of at least 4 members (excludes halogenated alkanes) is 1. The highest BCUT2D eigenvalue weighted by atomic mass is 33.1. The molecule has 0 amide bonds. The van der Waals surface area contributed by atoms with Crippen LogP contribution in [0.15, 0.2) is 0 Å². The van der Waals surface area contributed by atoms with Crippen LogP contribution in [-0.2, 0) is 9.53 Å². The zero-order valence-corrected chi connectivity index (χ0v) is 15.9. The van der Waals surface area contributed by atoms with E-state index in [2.05, 4.69) is 17.1 Å². The number of rotatable bonds is 14. The Bertz CT molecular complexity index is 303. The second kappa shape index (κ2) is 14.4. The third kappa shape index (κ3) is 11.3. The number of aliphatic hydroxyl groups excluding tert-OH is 1. The van der Waals surface area contributed by atoms with Crippen LogP contribution in [0, 0.1) is 0 Å². The molecule has 1 saturated heterocycles. The maximum Gasteiger partial charge on any atom is 0.305 e. The zero-order chi connectivity index (χ0) is 16.8. The number of esters is 1. The SMILES string of the molecule is CCN(CCO)CCNCCOC(=O)CCCC[C@@H]1CCSS1. The Morgan fingerprint density at radius 1 is 1.35 bits per heavy atom. The Morgan fingerprint density at radius 2 is 2.22 bits per heavy atom. The molecule has 23 heavy (non-hydrogen) atoms. The van der Waals surface area contributed by atoms with Gasteiger partial charge in [-0.1, -0.05) is 34.9 Å². The molecule has 0 aromatic rings. The number of nitrogens with zero attached hydrogens (tertiary/aromatic N) is 1. The molecule has 0 aromatic heterocycles. The van der Waals surface area contributed by atoms with Crippen LogP contribution in [0.25, 0.3) is 0 Å². The van der Waals surface area contributed by atoms with Gasteiger partial charge in [-0.05, 0) is 25.8 Å². The van der Waals surface area contributed by atoms with Crippen molar-refractivity contribution >= 4 is 27.6 Å². The van der Waals surface area contributed by atoms with E-state index in [1.807, 2.05) is 21.6 Å².